The van der Waals surface area contributed by atoms with Gasteiger partial charge in [0.05, 0.1) is 12.8 Å². The van der Waals surface area contributed by atoms with Crippen LogP contribution in [0.5, 0.6) is 0 Å². The fourth-order valence-electron chi connectivity index (χ4n) is 3.00. The predicted octanol–water partition coefficient (Wildman–Crippen LogP) is 2.99. The third-order valence-electron chi connectivity index (χ3n) is 4.01. The Morgan fingerprint density at radius 3 is 2.95 bits per heavy atom. The third kappa shape index (κ3) is 3.11. The van der Waals surface area contributed by atoms with Crippen molar-refractivity contribution in [2.75, 3.05) is 20.1 Å². The monoisotopic (exact) mass is 270 g/mol. The quantitative estimate of drug-likeness (QED) is 0.905. The molecule has 1 unspecified atom stereocenters. The van der Waals surface area contributed by atoms with E-state index in [1.54, 1.807) is 0 Å². The van der Waals surface area contributed by atoms with Crippen LogP contribution < -0.4 is 5.32 Å². The molecule has 0 aliphatic carbocycles. The number of rotatable bonds is 5. The van der Waals surface area contributed by atoms with Gasteiger partial charge in [0.1, 0.15) is 5.76 Å². The van der Waals surface area contributed by atoms with Gasteiger partial charge >= 0.3 is 0 Å². The minimum absolute atomic E-state index is 0.669. The Kier molecular flexibility index (Phi) is 4.19. The first-order chi connectivity index (χ1) is 9.85. The SMILES string of the molecule is CNCc1coc(CN2CCC(c3ccccc3)C2)c1. The van der Waals surface area contributed by atoms with Crippen LogP contribution in [0, 0.1) is 0 Å². The van der Waals surface area contributed by atoms with Crippen molar-refractivity contribution in [2.24, 2.45) is 0 Å². The molecule has 20 heavy (non-hydrogen) atoms. The molecule has 1 saturated heterocycles. The molecule has 0 spiro atoms. The van der Waals surface area contributed by atoms with E-state index in [-0.39, 0.29) is 0 Å². The van der Waals surface area contributed by atoms with Gasteiger partial charge in [0, 0.05) is 18.7 Å². The third-order valence-corrected chi connectivity index (χ3v) is 4.01. The average Bonchev–Trinajstić information content (AvgIpc) is 3.11. The minimum Gasteiger partial charge on any atom is -0.468 e. The van der Waals surface area contributed by atoms with Gasteiger partial charge in [-0.15, -0.1) is 0 Å². The fourth-order valence-corrected chi connectivity index (χ4v) is 3.00. The summed E-state index contributed by atoms with van der Waals surface area (Å²) in [5.41, 5.74) is 2.69. The molecule has 1 aromatic carbocycles. The lowest BCUT2D eigenvalue weighted by molar-refractivity contribution is 0.294. The second-order valence-corrected chi connectivity index (χ2v) is 5.58. The Hall–Kier alpha value is -1.58. The van der Waals surface area contributed by atoms with Gasteiger partial charge in [0.25, 0.3) is 0 Å². The van der Waals surface area contributed by atoms with Crippen molar-refractivity contribution in [3.63, 3.8) is 0 Å². The smallest absolute Gasteiger partial charge is 0.118 e. The van der Waals surface area contributed by atoms with Crippen LogP contribution in [0.4, 0.5) is 0 Å². The molecule has 1 aliphatic rings. The summed E-state index contributed by atoms with van der Waals surface area (Å²) in [5.74, 6) is 1.74. The van der Waals surface area contributed by atoms with Crippen molar-refractivity contribution in [2.45, 2.75) is 25.4 Å². The average molecular weight is 270 g/mol. The summed E-state index contributed by atoms with van der Waals surface area (Å²) >= 11 is 0. The number of furan rings is 1. The predicted molar refractivity (Wildman–Crippen MR) is 80.5 cm³/mol. The van der Waals surface area contributed by atoms with E-state index in [0.29, 0.717) is 5.92 Å². The first kappa shape index (κ1) is 13.4. The summed E-state index contributed by atoms with van der Waals surface area (Å²) in [6.45, 7) is 4.08. The van der Waals surface area contributed by atoms with Crippen LogP contribution in [0.25, 0.3) is 0 Å². The summed E-state index contributed by atoms with van der Waals surface area (Å²) in [6.07, 6.45) is 3.10. The highest BCUT2D eigenvalue weighted by molar-refractivity contribution is 5.21. The van der Waals surface area contributed by atoms with Crippen LogP contribution in [0.15, 0.2) is 47.1 Å². The van der Waals surface area contributed by atoms with E-state index < -0.39 is 0 Å². The first-order valence-corrected chi connectivity index (χ1v) is 7.33. The maximum Gasteiger partial charge on any atom is 0.118 e. The second-order valence-electron chi connectivity index (χ2n) is 5.58. The summed E-state index contributed by atoms with van der Waals surface area (Å²) in [4.78, 5) is 2.49. The highest BCUT2D eigenvalue weighted by Crippen LogP contribution is 2.28. The van der Waals surface area contributed by atoms with Gasteiger partial charge in [-0.05, 0) is 37.6 Å². The van der Waals surface area contributed by atoms with Crippen LogP contribution in [0.2, 0.25) is 0 Å². The van der Waals surface area contributed by atoms with Crippen LogP contribution in [-0.4, -0.2) is 25.0 Å². The molecular formula is C17H22N2O. The van der Waals surface area contributed by atoms with E-state index >= 15 is 0 Å². The zero-order valence-corrected chi connectivity index (χ0v) is 12.0. The molecule has 0 amide bonds. The van der Waals surface area contributed by atoms with E-state index in [0.717, 1.165) is 31.9 Å². The molecule has 106 valence electrons. The van der Waals surface area contributed by atoms with E-state index in [2.05, 4.69) is 46.6 Å². The van der Waals surface area contributed by atoms with Crippen molar-refractivity contribution in [3.05, 3.63) is 59.5 Å². The zero-order valence-electron chi connectivity index (χ0n) is 12.0. The molecule has 3 rings (SSSR count). The Labute approximate surface area is 120 Å². The van der Waals surface area contributed by atoms with Gasteiger partial charge in [-0.3, -0.25) is 4.90 Å². The summed E-state index contributed by atoms with van der Waals surface area (Å²) in [7, 11) is 1.96. The van der Waals surface area contributed by atoms with Gasteiger partial charge in [0.15, 0.2) is 0 Å². The maximum atomic E-state index is 5.64. The highest BCUT2D eigenvalue weighted by Gasteiger charge is 2.24. The normalized spacial score (nSPS) is 19.6. The fraction of sp³-hybridized carbons (Fsp3) is 0.412. The molecule has 2 aromatic rings. The lowest BCUT2D eigenvalue weighted by Crippen LogP contribution is -2.19. The molecule has 1 atom stereocenters. The van der Waals surface area contributed by atoms with Gasteiger partial charge in [-0.1, -0.05) is 30.3 Å². The molecular weight excluding hydrogens is 248 g/mol. The topological polar surface area (TPSA) is 28.4 Å². The molecule has 3 heteroatoms. The molecule has 0 radical (unpaired) electrons. The van der Waals surface area contributed by atoms with Gasteiger partial charge in [0.2, 0.25) is 0 Å². The minimum atomic E-state index is 0.669. The Morgan fingerprint density at radius 1 is 1.30 bits per heavy atom. The number of nitrogens with zero attached hydrogens (tertiary/aromatic N) is 1. The van der Waals surface area contributed by atoms with Gasteiger partial charge < -0.3 is 9.73 Å². The van der Waals surface area contributed by atoms with Crippen LogP contribution in [0.1, 0.15) is 29.2 Å². The zero-order chi connectivity index (χ0) is 13.8. The standard InChI is InChI=1S/C17H22N2O/c1-18-10-14-9-17(20-13-14)12-19-8-7-16(11-19)15-5-3-2-4-6-15/h2-6,9,13,16,18H,7-8,10-12H2,1H3. The molecule has 1 aromatic heterocycles. The van der Waals surface area contributed by atoms with Crippen molar-refractivity contribution >= 4 is 0 Å². The molecule has 1 N–H and O–H groups in total. The Bertz CT molecular complexity index is 535. The highest BCUT2D eigenvalue weighted by atomic mass is 16.3. The number of hydrogen-bond acceptors (Lipinski definition) is 3. The van der Waals surface area contributed by atoms with E-state index in [4.69, 9.17) is 4.42 Å². The van der Waals surface area contributed by atoms with Crippen LogP contribution in [0.3, 0.4) is 0 Å². The lowest BCUT2D eigenvalue weighted by atomic mass is 9.99. The molecule has 1 fully saturated rings. The molecule has 0 saturated carbocycles. The molecule has 1 aliphatic heterocycles. The van der Waals surface area contributed by atoms with Crippen molar-refractivity contribution in [1.29, 1.82) is 0 Å². The van der Waals surface area contributed by atoms with Crippen molar-refractivity contribution < 1.29 is 4.42 Å². The lowest BCUT2D eigenvalue weighted by Gasteiger charge is -2.14. The summed E-state index contributed by atoms with van der Waals surface area (Å²) in [5, 5.41) is 3.15. The molecule has 3 nitrogen and oxygen atoms in total. The number of likely N-dealkylation sites (tertiary alicyclic amines) is 1. The van der Waals surface area contributed by atoms with Crippen LogP contribution in [-0.2, 0) is 13.1 Å². The maximum absolute atomic E-state index is 5.64. The van der Waals surface area contributed by atoms with E-state index in [1.165, 1.54) is 17.5 Å². The van der Waals surface area contributed by atoms with Crippen molar-refractivity contribution in [1.82, 2.24) is 10.2 Å². The number of hydrogen-bond donors (Lipinski definition) is 1. The number of nitrogens with one attached hydrogen (secondary N) is 1. The first-order valence-electron chi connectivity index (χ1n) is 7.33. The second kappa shape index (κ2) is 6.25. The largest absolute Gasteiger partial charge is 0.468 e. The molecule has 0 bridgehead atoms. The van der Waals surface area contributed by atoms with Crippen LogP contribution >= 0.6 is 0 Å². The van der Waals surface area contributed by atoms with E-state index in [9.17, 15) is 0 Å². The Morgan fingerprint density at radius 2 is 2.15 bits per heavy atom. The molecule has 2 heterocycles. The number of benzene rings is 1. The van der Waals surface area contributed by atoms with Crippen molar-refractivity contribution in [3.8, 4) is 0 Å². The summed E-state index contributed by atoms with van der Waals surface area (Å²) < 4.78 is 5.64. The van der Waals surface area contributed by atoms with E-state index in [1.807, 2.05) is 13.3 Å². The summed E-state index contributed by atoms with van der Waals surface area (Å²) in [6, 6.07) is 13.0. The van der Waals surface area contributed by atoms with Gasteiger partial charge in [-0.2, -0.15) is 0 Å². The van der Waals surface area contributed by atoms with Gasteiger partial charge in [-0.25, -0.2) is 0 Å². The Balaban J connectivity index is 1.57.